The fourth-order valence-electron chi connectivity index (χ4n) is 4.32. The van der Waals surface area contributed by atoms with Crippen LogP contribution in [0.5, 0.6) is 17.2 Å². The van der Waals surface area contributed by atoms with Crippen molar-refractivity contribution < 1.29 is 19.0 Å². The number of hydrogen-bond acceptors (Lipinski definition) is 7. The van der Waals surface area contributed by atoms with Crippen molar-refractivity contribution in [2.75, 3.05) is 26.6 Å². The van der Waals surface area contributed by atoms with E-state index in [1.807, 2.05) is 61.0 Å². The number of ether oxygens (including phenoxy) is 3. The number of para-hydroxylation sites is 1. The SMILES string of the molecule is COc1cc(-c2cc(C(=O)Nc3cnc4c(cnn4C(C)C)c3)c3ccccc3n2)cc(OC)c1OC. The van der Waals surface area contributed by atoms with E-state index in [0.717, 1.165) is 22.0 Å². The highest BCUT2D eigenvalue weighted by Crippen LogP contribution is 2.41. The Hall–Kier alpha value is -4.66. The van der Waals surface area contributed by atoms with Crippen LogP contribution in [0.3, 0.4) is 0 Å². The molecule has 9 heteroatoms. The normalized spacial score (nSPS) is 11.2. The van der Waals surface area contributed by atoms with Gasteiger partial charge >= 0.3 is 0 Å². The Bertz CT molecular complexity index is 1600. The van der Waals surface area contributed by atoms with Crippen LogP contribution in [0.25, 0.3) is 33.2 Å². The lowest BCUT2D eigenvalue weighted by Gasteiger charge is -2.15. The molecule has 0 bridgehead atoms. The molecule has 0 aliphatic carbocycles. The number of aromatic nitrogens is 4. The van der Waals surface area contributed by atoms with Crippen LogP contribution in [0.15, 0.2) is 60.9 Å². The van der Waals surface area contributed by atoms with Gasteiger partial charge in [-0.25, -0.2) is 14.6 Å². The first-order chi connectivity index (χ1) is 17.9. The van der Waals surface area contributed by atoms with E-state index in [9.17, 15) is 4.79 Å². The molecule has 0 radical (unpaired) electrons. The van der Waals surface area contributed by atoms with Crippen molar-refractivity contribution in [3.63, 3.8) is 0 Å². The third-order valence-electron chi connectivity index (χ3n) is 6.10. The second kappa shape index (κ2) is 9.77. The van der Waals surface area contributed by atoms with Crippen molar-refractivity contribution in [2.45, 2.75) is 19.9 Å². The van der Waals surface area contributed by atoms with Crippen LogP contribution in [0.4, 0.5) is 5.69 Å². The molecule has 2 aromatic carbocycles. The number of amides is 1. The molecule has 0 saturated heterocycles. The monoisotopic (exact) mass is 497 g/mol. The van der Waals surface area contributed by atoms with Gasteiger partial charge in [-0.15, -0.1) is 0 Å². The zero-order chi connectivity index (χ0) is 26.1. The number of carbonyl (C=O) groups is 1. The summed E-state index contributed by atoms with van der Waals surface area (Å²) in [5.74, 6) is 1.21. The molecule has 0 atom stereocenters. The van der Waals surface area contributed by atoms with E-state index >= 15 is 0 Å². The van der Waals surface area contributed by atoms with E-state index in [0.29, 0.717) is 39.7 Å². The Balaban J connectivity index is 1.57. The zero-order valence-electron chi connectivity index (χ0n) is 21.3. The van der Waals surface area contributed by atoms with Gasteiger partial charge in [-0.2, -0.15) is 5.10 Å². The molecule has 37 heavy (non-hydrogen) atoms. The fourth-order valence-corrected chi connectivity index (χ4v) is 4.32. The Morgan fingerprint density at radius 1 is 0.946 bits per heavy atom. The Labute approximate surface area is 214 Å². The maximum atomic E-state index is 13.6. The Morgan fingerprint density at radius 2 is 1.68 bits per heavy atom. The summed E-state index contributed by atoms with van der Waals surface area (Å²) in [6.07, 6.45) is 3.40. The van der Waals surface area contributed by atoms with E-state index < -0.39 is 0 Å². The number of anilines is 1. The molecule has 0 aliphatic rings. The average Bonchev–Trinajstić information content (AvgIpc) is 3.35. The van der Waals surface area contributed by atoms with Crippen LogP contribution < -0.4 is 19.5 Å². The third-order valence-corrected chi connectivity index (χ3v) is 6.10. The summed E-state index contributed by atoms with van der Waals surface area (Å²) in [5.41, 5.74) is 3.83. The van der Waals surface area contributed by atoms with E-state index in [-0.39, 0.29) is 11.9 Å². The van der Waals surface area contributed by atoms with Gasteiger partial charge in [0.25, 0.3) is 5.91 Å². The lowest BCUT2D eigenvalue weighted by molar-refractivity contribution is 0.102. The number of fused-ring (bicyclic) bond motifs is 2. The zero-order valence-corrected chi connectivity index (χ0v) is 21.3. The second-order valence-corrected chi connectivity index (χ2v) is 8.76. The molecular formula is C28H27N5O4. The minimum atomic E-state index is -0.273. The largest absolute Gasteiger partial charge is 0.493 e. The summed E-state index contributed by atoms with van der Waals surface area (Å²) in [6.45, 7) is 4.09. The molecule has 5 aromatic rings. The van der Waals surface area contributed by atoms with Gasteiger partial charge in [0, 0.05) is 22.4 Å². The first-order valence-corrected chi connectivity index (χ1v) is 11.8. The van der Waals surface area contributed by atoms with Gasteiger partial charge in [0.2, 0.25) is 5.75 Å². The summed E-state index contributed by atoms with van der Waals surface area (Å²) >= 11 is 0. The Kier molecular flexibility index (Phi) is 6.35. The molecule has 1 N–H and O–H groups in total. The Morgan fingerprint density at radius 3 is 2.35 bits per heavy atom. The molecule has 0 unspecified atom stereocenters. The van der Waals surface area contributed by atoms with Crippen molar-refractivity contribution in [2.24, 2.45) is 0 Å². The highest BCUT2D eigenvalue weighted by molar-refractivity contribution is 6.13. The summed E-state index contributed by atoms with van der Waals surface area (Å²) < 4.78 is 18.3. The lowest BCUT2D eigenvalue weighted by Crippen LogP contribution is -2.13. The molecule has 0 fully saturated rings. The first-order valence-electron chi connectivity index (χ1n) is 11.8. The molecular weight excluding hydrogens is 470 g/mol. The van der Waals surface area contributed by atoms with Gasteiger partial charge in [0.1, 0.15) is 0 Å². The van der Waals surface area contributed by atoms with Crippen LogP contribution in [-0.4, -0.2) is 47.0 Å². The lowest BCUT2D eigenvalue weighted by atomic mass is 10.0. The van der Waals surface area contributed by atoms with Gasteiger partial charge in [-0.1, -0.05) is 18.2 Å². The summed E-state index contributed by atoms with van der Waals surface area (Å²) in [7, 11) is 4.67. The van der Waals surface area contributed by atoms with Crippen LogP contribution in [0, 0.1) is 0 Å². The van der Waals surface area contributed by atoms with E-state index in [1.165, 1.54) is 0 Å². The predicted octanol–water partition coefficient (Wildman–Crippen LogP) is 5.51. The smallest absolute Gasteiger partial charge is 0.256 e. The van der Waals surface area contributed by atoms with Crippen molar-refractivity contribution in [3.05, 3.63) is 66.5 Å². The summed E-state index contributed by atoms with van der Waals surface area (Å²) in [5, 5.41) is 8.98. The van der Waals surface area contributed by atoms with Crippen molar-refractivity contribution in [3.8, 4) is 28.5 Å². The van der Waals surface area contributed by atoms with Gasteiger partial charge < -0.3 is 19.5 Å². The van der Waals surface area contributed by atoms with Crippen LogP contribution >= 0.6 is 0 Å². The number of nitrogens with zero attached hydrogens (tertiary/aromatic N) is 4. The van der Waals surface area contributed by atoms with Gasteiger partial charge in [-0.05, 0) is 44.2 Å². The number of rotatable bonds is 7. The predicted molar refractivity (Wildman–Crippen MR) is 143 cm³/mol. The van der Waals surface area contributed by atoms with Crippen molar-refractivity contribution in [1.82, 2.24) is 19.7 Å². The molecule has 9 nitrogen and oxygen atoms in total. The van der Waals surface area contributed by atoms with Gasteiger partial charge in [-0.3, -0.25) is 4.79 Å². The third kappa shape index (κ3) is 4.40. The summed E-state index contributed by atoms with van der Waals surface area (Å²) in [4.78, 5) is 22.9. The number of nitrogens with one attached hydrogen (secondary N) is 1. The molecule has 0 spiro atoms. The van der Waals surface area contributed by atoms with Crippen LogP contribution in [0.2, 0.25) is 0 Å². The molecule has 1 amide bonds. The second-order valence-electron chi connectivity index (χ2n) is 8.76. The molecule has 3 heterocycles. The number of hydrogen-bond donors (Lipinski definition) is 1. The topological polar surface area (TPSA) is 100 Å². The molecule has 3 aromatic heterocycles. The van der Waals surface area contributed by atoms with Crippen LogP contribution in [0.1, 0.15) is 30.2 Å². The van der Waals surface area contributed by atoms with Gasteiger partial charge in [0.05, 0.1) is 56.2 Å². The number of pyridine rings is 2. The average molecular weight is 498 g/mol. The summed E-state index contributed by atoms with van der Waals surface area (Å²) in [6, 6.07) is 15.0. The minimum Gasteiger partial charge on any atom is -0.493 e. The molecule has 0 aliphatic heterocycles. The minimum absolute atomic E-state index is 0.183. The maximum absolute atomic E-state index is 13.6. The van der Waals surface area contributed by atoms with E-state index in [1.54, 1.807) is 39.8 Å². The van der Waals surface area contributed by atoms with Crippen LogP contribution in [-0.2, 0) is 0 Å². The molecule has 188 valence electrons. The van der Waals surface area contributed by atoms with Crippen molar-refractivity contribution >= 4 is 33.5 Å². The molecule has 0 saturated carbocycles. The standard InChI is InChI=1S/C28H27N5O4/c1-16(2)33-27-18(14-30-33)10-19(15-29-27)31-28(34)21-13-23(32-22-9-7-6-8-20(21)22)17-11-24(35-3)26(37-5)25(12-17)36-4/h6-16H,1-5H3,(H,31,34). The first kappa shape index (κ1) is 24.1. The van der Waals surface area contributed by atoms with E-state index in [4.69, 9.17) is 19.2 Å². The van der Waals surface area contributed by atoms with Crippen molar-refractivity contribution in [1.29, 1.82) is 0 Å². The number of carbonyl (C=O) groups excluding carboxylic acids is 1. The highest BCUT2D eigenvalue weighted by atomic mass is 16.5. The van der Waals surface area contributed by atoms with E-state index in [2.05, 4.69) is 15.4 Å². The fraction of sp³-hybridized carbons (Fsp3) is 0.214. The van der Waals surface area contributed by atoms with Gasteiger partial charge in [0.15, 0.2) is 17.1 Å². The quantitative estimate of drug-likeness (QED) is 0.317. The number of methoxy groups -OCH3 is 3. The maximum Gasteiger partial charge on any atom is 0.256 e. The number of benzene rings is 2. The highest BCUT2D eigenvalue weighted by Gasteiger charge is 2.19. The molecule has 5 rings (SSSR count).